The van der Waals surface area contributed by atoms with Crippen LogP contribution in [0.15, 0.2) is 48.5 Å². The van der Waals surface area contributed by atoms with Crippen LogP contribution in [0.5, 0.6) is 0 Å². The molecule has 32 heavy (non-hydrogen) atoms. The number of ether oxygens (including phenoxy) is 2. The third-order valence-electron chi connectivity index (χ3n) is 5.47. The van der Waals surface area contributed by atoms with Crippen LogP contribution in [0.1, 0.15) is 63.5 Å². The van der Waals surface area contributed by atoms with Crippen LogP contribution in [0.25, 0.3) is 11.1 Å². The van der Waals surface area contributed by atoms with Crippen molar-refractivity contribution in [3.63, 3.8) is 0 Å². The summed E-state index contributed by atoms with van der Waals surface area (Å²) in [5.41, 5.74) is 3.83. The molecule has 1 unspecified atom stereocenters. The first kappa shape index (κ1) is 23.5. The first-order valence-corrected chi connectivity index (χ1v) is 10.9. The largest absolute Gasteiger partial charge is 0.481 e. The summed E-state index contributed by atoms with van der Waals surface area (Å²) in [6.45, 7) is 5.45. The minimum atomic E-state index is -0.936. The van der Waals surface area contributed by atoms with E-state index in [1.54, 1.807) is 20.8 Å². The maximum absolute atomic E-state index is 12.7. The van der Waals surface area contributed by atoms with Crippen LogP contribution in [0, 0.1) is 5.92 Å². The van der Waals surface area contributed by atoms with Crippen LogP contribution in [-0.2, 0) is 23.9 Å². The summed E-state index contributed by atoms with van der Waals surface area (Å²) in [5, 5.41) is 8.89. The highest BCUT2D eigenvalue weighted by atomic mass is 16.6. The van der Waals surface area contributed by atoms with Crippen molar-refractivity contribution in [3.8, 4) is 11.1 Å². The number of aliphatic carboxylic acids is 1. The highest BCUT2D eigenvalue weighted by Gasteiger charge is 2.31. The fourth-order valence-electron chi connectivity index (χ4n) is 4.06. The number of esters is 2. The molecule has 1 aliphatic carbocycles. The van der Waals surface area contributed by atoms with Gasteiger partial charge < -0.3 is 14.6 Å². The number of carboxylic acid groups (broad SMARTS) is 1. The quantitative estimate of drug-likeness (QED) is 0.558. The van der Waals surface area contributed by atoms with E-state index in [4.69, 9.17) is 14.6 Å². The third kappa shape index (κ3) is 5.96. The number of hydrogen-bond acceptors (Lipinski definition) is 5. The first-order chi connectivity index (χ1) is 15.2. The van der Waals surface area contributed by atoms with Gasteiger partial charge >= 0.3 is 17.9 Å². The first-order valence-electron chi connectivity index (χ1n) is 10.9. The van der Waals surface area contributed by atoms with Gasteiger partial charge in [-0.15, -0.1) is 0 Å². The van der Waals surface area contributed by atoms with E-state index in [1.165, 1.54) is 0 Å². The molecule has 3 rings (SSSR count). The van der Waals surface area contributed by atoms with E-state index in [2.05, 4.69) is 12.1 Å². The molecule has 1 atom stereocenters. The van der Waals surface area contributed by atoms with Gasteiger partial charge in [-0.3, -0.25) is 14.4 Å². The van der Waals surface area contributed by atoms with Crippen LogP contribution in [0.2, 0.25) is 0 Å². The Kier molecular flexibility index (Phi) is 7.33. The second-order valence-corrected chi connectivity index (χ2v) is 9.13. The second kappa shape index (κ2) is 9.98. The van der Waals surface area contributed by atoms with Gasteiger partial charge in [-0.05, 0) is 55.9 Å². The van der Waals surface area contributed by atoms with Gasteiger partial charge in [0.1, 0.15) is 12.2 Å². The summed E-state index contributed by atoms with van der Waals surface area (Å²) >= 11 is 0. The molecular weight excluding hydrogens is 408 g/mol. The van der Waals surface area contributed by atoms with Gasteiger partial charge in [-0.25, -0.2) is 0 Å². The van der Waals surface area contributed by atoms with Crippen molar-refractivity contribution in [3.05, 3.63) is 59.7 Å². The van der Waals surface area contributed by atoms with Crippen molar-refractivity contribution in [1.29, 1.82) is 0 Å². The molecule has 0 saturated carbocycles. The van der Waals surface area contributed by atoms with E-state index in [1.807, 2.05) is 36.4 Å². The fourth-order valence-corrected chi connectivity index (χ4v) is 4.06. The SMILES string of the molecule is CC(C)(C)OC(=O)C(CCCC(=O)O)CC(=O)OCC1c2ccccc2-c2ccccc21. The molecule has 0 heterocycles. The Hall–Kier alpha value is -3.15. The Balaban J connectivity index is 1.66. The molecule has 170 valence electrons. The Morgan fingerprint density at radius 3 is 2.06 bits per heavy atom. The zero-order valence-corrected chi connectivity index (χ0v) is 18.8. The summed E-state index contributed by atoms with van der Waals surface area (Å²) in [5.74, 6) is -2.72. The number of carboxylic acids is 1. The number of carbonyl (C=O) groups is 3. The minimum Gasteiger partial charge on any atom is -0.481 e. The van der Waals surface area contributed by atoms with Gasteiger partial charge in [-0.2, -0.15) is 0 Å². The maximum Gasteiger partial charge on any atom is 0.310 e. The van der Waals surface area contributed by atoms with Crippen molar-refractivity contribution >= 4 is 17.9 Å². The van der Waals surface area contributed by atoms with Crippen LogP contribution in [0.3, 0.4) is 0 Å². The molecule has 2 aromatic carbocycles. The van der Waals surface area contributed by atoms with Gasteiger partial charge in [0, 0.05) is 12.3 Å². The lowest BCUT2D eigenvalue weighted by atomic mass is 9.97. The molecule has 6 nitrogen and oxygen atoms in total. The van der Waals surface area contributed by atoms with Crippen molar-refractivity contribution in [2.45, 2.75) is 58.0 Å². The zero-order chi connectivity index (χ0) is 23.3. The minimum absolute atomic E-state index is 0.0571. The van der Waals surface area contributed by atoms with Crippen molar-refractivity contribution in [1.82, 2.24) is 0 Å². The van der Waals surface area contributed by atoms with E-state index in [0.29, 0.717) is 0 Å². The van der Waals surface area contributed by atoms with Gasteiger partial charge in [-0.1, -0.05) is 48.5 Å². The topological polar surface area (TPSA) is 89.9 Å². The van der Waals surface area contributed by atoms with Crippen LogP contribution >= 0.6 is 0 Å². The Labute approximate surface area is 188 Å². The highest BCUT2D eigenvalue weighted by molar-refractivity contribution is 5.81. The Morgan fingerprint density at radius 1 is 0.969 bits per heavy atom. The van der Waals surface area contributed by atoms with E-state index in [-0.39, 0.29) is 38.2 Å². The van der Waals surface area contributed by atoms with E-state index >= 15 is 0 Å². The van der Waals surface area contributed by atoms with E-state index < -0.39 is 29.4 Å². The molecule has 0 bridgehead atoms. The molecule has 0 spiro atoms. The zero-order valence-electron chi connectivity index (χ0n) is 18.8. The third-order valence-corrected chi connectivity index (χ3v) is 5.47. The molecule has 0 aliphatic heterocycles. The average Bonchev–Trinajstić information content (AvgIpc) is 3.04. The lowest BCUT2D eigenvalue weighted by Crippen LogP contribution is -2.30. The lowest BCUT2D eigenvalue weighted by Gasteiger charge is -2.24. The summed E-state index contributed by atoms with van der Waals surface area (Å²) < 4.78 is 11.0. The standard InChI is InChI=1S/C26H30O6/c1-26(2,3)32-25(30)17(9-8-14-23(27)28)15-24(29)31-16-22-20-12-6-4-10-18(20)19-11-5-7-13-21(19)22/h4-7,10-13,17,22H,8-9,14-16H2,1-3H3,(H,27,28). The summed E-state index contributed by atoms with van der Waals surface area (Å²) in [6, 6.07) is 16.2. The summed E-state index contributed by atoms with van der Waals surface area (Å²) in [4.78, 5) is 36.1. The molecule has 1 N–H and O–H groups in total. The second-order valence-electron chi connectivity index (χ2n) is 9.13. The monoisotopic (exact) mass is 438 g/mol. The predicted octanol–water partition coefficient (Wildman–Crippen LogP) is 4.95. The molecule has 0 saturated heterocycles. The lowest BCUT2D eigenvalue weighted by molar-refractivity contribution is -0.164. The Morgan fingerprint density at radius 2 is 1.53 bits per heavy atom. The van der Waals surface area contributed by atoms with Gasteiger partial charge in [0.2, 0.25) is 0 Å². The number of rotatable bonds is 9. The summed E-state index contributed by atoms with van der Waals surface area (Å²) in [7, 11) is 0. The predicted molar refractivity (Wildman–Crippen MR) is 120 cm³/mol. The number of hydrogen-bond donors (Lipinski definition) is 1. The number of fused-ring (bicyclic) bond motifs is 3. The van der Waals surface area contributed by atoms with Crippen LogP contribution in [-0.4, -0.2) is 35.2 Å². The number of benzene rings is 2. The molecule has 6 heteroatoms. The maximum atomic E-state index is 12.7. The van der Waals surface area contributed by atoms with Gasteiger partial charge in [0.25, 0.3) is 0 Å². The normalized spacial score (nSPS) is 13.7. The molecule has 0 fully saturated rings. The van der Waals surface area contributed by atoms with Crippen molar-refractivity contribution in [2.75, 3.05) is 6.61 Å². The number of carbonyl (C=O) groups excluding carboxylic acids is 2. The molecule has 1 aliphatic rings. The highest BCUT2D eigenvalue weighted by Crippen LogP contribution is 2.44. The summed E-state index contributed by atoms with van der Waals surface area (Å²) in [6.07, 6.45) is 0.343. The van der Waals surface area contributed by atoms with E-state index in [9.17, 15) is 14.4 Å². The fraction of sp³-hybridized carbons (Fsp3) is 0.423. The van der Waals surface area contributed by atoms with Gasteiger partial charge in [0.15, 0.2) is 0 Å². The molecule has 0 radical (unpaired) electrons. The Bertz CT molecular complexity index is 942. The van der Waals surface area contributed by atoms with Crippen molar-refractivity contribution < 1.29 is 29.0 Å². The average molecular weight is 439 g/mol. The molecule has 0 aromatic heterocycles. The molecule has 0 amide bonds. The van der Waals surface area contributed by atoms with E-state index in [0.717, 1.165) is 22.3 Å². The van der Waals surface area contributed by atoms with Crippen LogP contribution in [0.4, 0.5) is 0 Å². The van der Waals surface area contributed by atoms with Crippen LogP contribution < -0.4 is 0 Å². The molecular formula is C26H30O6. The molecule has 2 aromatic rings. The van der Waals surface area contributed by atoms with Gasteiger partial charge in [0.05, 0.1) is 12.3 Å². The van der Waals surface area contributed by atoms with Crippen molar-refractivity contribution in [2.24, 2.45) is 5.92 Å². The smallest absolute Gasteiger partial charge is 0.310 e.